The van der Waals surface area contributed by atoms with Crippen LogP contribution in [0.1, 0.15) is 44.5 Å². The van der Waals surface area contributed by atoms with Gasteiger partial charge < -0.3 is 19.4 Å². The summed E-state index contributed by atoms with van der Waals surface area (Å²) in [5, 5.41) is 3.84. The molecule has 0 amide bonds. The molecule has 1 N–H and O–H groups in total. The summed E-state index contributed by atoms with van der Waals surface area (Å²) in [5.74, 6) is 1.78. The van der Waals surface area contributed by atoms with E-state index in [-0.39, 0.29) is 0 Å². The summed E-state index contributed by atoms with van der Waals surface area (Å²) in [5.41, 5.74) is 0. The summed E-state index contributed by atoms with van der Waals surface area (Å²) < 4.78 is 13.4. The van der Waals surface area contributed by atoms with E-state index in [1.165, 1.54) is 12.2 Å². The Bertz CT molecular complexity index is 423. The molecule has 1 aromatic rings. The Morgan fingerprint density at radius 3 is 2.86 bits per heavy atom. The zero-order valence-electron chi connectivity index (χ0n) is 13.0. The van der Waals surface area contributed by atoms with Gasteiger partial charge in [-0.15, -0.1) is 0 Å². The van der Waals surface area contributed by atoms with E-state index in [1.54, 1.807) is 0 Å². The summed E-state index contributed by atoms with van der Waals surface area (Å²) >= 11 is 0. The third-order valence-electron chi connectivity index (χ3n) is 4.68. The highest BCUT2D eigenvalue weighted by Gasteiger charge is 2.30. The summed E-state index contributed by atoms with van der Waals surface area (Å²) in [6.07, 6.45) is 8.58. The van der Waals surface area contributed by atoms with Crippen molar-refractivity contribution in [2.75, 3.05) is 26.4 Å². The van der Waals surface area contributed by atoms with Gasteiger partial charge in [-0.3, -0.25) is 0 Å². The predicted molar refractivity (Wildman–Crippen MR) is 81.2 cm³/mol. The summed E-state index contributed by atoms with van der Waals surface area (Å²) in [4.78, 5) is 4.65. The van der Waals surface area contributed by atoms with Gasteiger partial charge in [0.05, 0.1) is 12.6 Å². The van der Waals surface area contributed by atoms with Crippen LogP contribution in [0.2, 0.25) is 0 Å². The molecule has 0 radical (unpaired) electrons. The molecular weight excluding hydrogens is 266 g/mol. The molecule has 5 heteroatoms. The SMILES string of the molecule is CCn1ccnc1[C@@H](N[C@H]1CCCOC1)C1CCOCC1. The lowest BCUT2D eigenvalue weighted by Crippen LogP contribution is -2.43. The zero-order chi connectivity index (χ0) is 14.5. The second kappa shape index (κ2) is 7.38. The average Bonchev–Trinajstić information content (AvgIpc) is 3.03. The normalized spacial score (nSPS) is 25.9. The Labute approximate surface area is 127 Å². The molecular formula is C16H27N3O2. The van der Waals surface area contributed by atoms with E-state index in [4.69, 9.17) is 9.47 Å². The van der Waals surface area contributed by atoms with Crippen LogP contribution in [-0.4, -0.2) is 42.0 Å². The van der Waals surface area contributed by atoms with Crippen LogP contribution in [0.4, 0.5) is 0 Å². The van der Waals surface area contributed by atoms with Gasteiger partial charge in [0, 0.05) is 44.8 Å². The van der Waals surface area contributed by atoms with Gasteiger partial charge in [-0.2, -0.15) is 0 Å². The number of imidazole rings is 1. The molecule has 0 saturated carbocycles. The van der Waals surface area contributed by atoms with Crippen LogP contribution in [0.25, 0.3) is 0 Å². The molecule has 2 aliphatic rings. The maximum Gasteiger partial charge on any atom is 0.126 e. The first-order valence-electron chi connectivity index (χ1n) is 8.31. The molecule has 3 heterocycles. The largest absolute Gasteiger partial charge is 0.381 e. The van der Waals surface area contributed by atoms with Crippen molar-refractivity contribution in [3.05, 3.63) is 18.2 Å². The zero-order valence-corrected chi connectivity index (χ0v) is 13.0. The topological polar surface area (TPSA) is 48.3 Å². The van der Waals surface area contributed by atoms with E-state index in [0.717, 1.165) is 52.2 Å². The molecule has 3 rings (SSSR count). The van der Waals surface area contributed by atoms with Crippen molar-refractivity contribution < 1.29 is 9.47 Å². The summed E-state index contributed by atoms with van der Waals surface area (Å²) in [6.45, 7) is 6.62. The second-order valence-corrected chi connectivity index (χ2v) is 6.08. The molecule has 1 aromatic heterocycles. The predicted octanol–water partition coefficient (Wildman–Crippen LogP) is 2.14. The Kier molecular flexibility index (Phi) is 5.27. The fourth-order valence-electron chi connectivity index (χ4n) is 3.46. The second-order valence-electron chi connectivity index (χ2n) is 6.08. The Balaban J connectivity index is 1.76. The van der Waals surface area contributed by atoms with Crippen LogP contribution in [0.5, 0.6) is 0 Å². The van der Waals surface area contributed by atoms with Gasteiger partial charge in [-0.05, 0) is 38.5 Å². The highest BCUT2D eigenvalue weighted by Crippen LogP contribution is 2.30. The first-order valence-corrected chi connectivity index (χ1v) is 8.31. The average molecular weight is 293 g/mol. The number of nitrogens with zero attached hydrogens (tertiary/aromatic N) is 2. The third kappa shape index (κ3) is 3.65. The smallest absolute Gasteiger partial charge is 0.126 e. The standard InChI is InChI=1S/C16H27N3O2/c1-2-19-8-7-17-16(19)15(13-5-10-20-11-6-13)18-14-4-3-9-21-12-14/h7-8,13-15,18H,2-6,9-12H2,1H3/t14-,15-/m0/s1. The van der Waals surface area contributed by atoms with Crippen LogP contribution in [-0.2, 0) is 16.0 Å². The number of nitrogens with one attached hydrogen (secondary N) is 1. The van der Waals surface area contributed by atoms with Crippen molar-refractivity contribution in [3.8, 4) is 0 Å². The molecule has 2 atom stereocenters. The number of aromatic nitrogens is 2. The number of aryl methyl sites for hydroxylation is 1. The van der Waals surface area contributed by atoms with Crippen molar-refractivity contribution >= 4 is 0 Å². The number of hydrogen-bond donors (Lipinski definition) is 1. The molecule has 2 aliphatic heterocycles. The Hall–Kier alpha value is -0.910. The van der Waals surface area contributed by atoms with E-state index in [0.29, 0.717) is 18.0 Å². The van der Waals surface area contributed by atoms with Crippen LogP contribution in [0, 0.1) is 5.92 Å². The Morgan fingerprint density at radius 2 is 2.14 bits per heavy atom. The first kappa shape index (κ1) is 15.0. The van der Waals surface area contributed by atoms with E-state index in [9.17, 15) is 0 Å². The minimum atomic E-state index is 0.315. The lowest BCUT2D eigenvalue weighted by atomic mass is 9.90. The lowest BCUT2D eigenvalue weighted by molar-refractivity contribution is 0.0346. The molecule has 0 unspecified atom stereocenters. The first-order chi connectivity index (χ1) is 10.4. The fourth-order valence-corrected chi connectivity index (χ4v) is 3.46. The minimum absolute atomic E-state index is 0.315. The lowest BCUT2D eigenvalue weighted by Gasteiger charge is -2.35. The molecule has 2 fully saturated rings. The number of hydrogen-bond acceptors (Lipinski definition) is 4. The van der Waals surface area contributed by atoms with Crippen molar-refractivity contribution in [1.82, 2.24) is 14.9 Å². The van der Waals surface area contributed by atoms with E-state index in [2.05, 4.69) is 28.0 Å². The van der Waals surface area contributed by atoms with Gasteiger partial charge in [-0.1, -0.05) is 0 Å². The molecule has 5 nitrogen and oxygen atoms in total. The highest BCUT2D eigenvalue weighted by molar-refractivity contribution is 5.03. The van der Waals surface area contributed by atoms with Crippen molar-refractivity contribution in [2.24, 2.45) is 5.92 Å². The van der Waals surface area contributed by atoms with Gasteiger partial charge in [0.1, 0.15) is 5.82 Å². The molecule has 0 aromatic carbocycles. The molecule has 0 aliphatic carbocycles. The molecule has 2 saturated heterocycles. The maximum absolute atomic E-state index is 5.63. The number of ether oxygens (including phenoxy) is 2. The summed E-state index contributed by atoms with van der Waals surface area (Å²) in [6, 6.07) is 0.768. The van der Waals surface area contributed by atoms with Crippen molar-refractivity contribution in [3.63, 3.8) is 0 Å². The van der Waals surface area contributed by atoms with Crippen LogP contribution >= 0.6 is 0 Å². The van der Waals surface area contributed by atoms with Crippen LogP contribution < -0.4 is 5.32 Å². The molecule has 21 heavy (non-hydrogen) atoms. The van der Waals surface area contributed by atoms with Crippen molar-refractivity contribution in [1.29, 1.82) is 0 Å². The quantitative estimate of drug-likeness (QED) is 0.903. The fraction of sp³-hybridized carbons (Fsp3) is 0.812. The minimum Gasteiger partial charge on any atom is -0.381 e. The summed E-state index contributed by atoms with van der Waals surface area (Å²) in [7, 11) is 0. The molecule has 118 valence electrons. The third-order valence-corrected chi connectivity index (χ3v) is 4.68. The molecule has 0 bridgehead atoms. The van der Waals surface area contributed by atoms with Gasteiger partial charge in [0.2, 0.25) is 0 Å². The van der Waals surface area contributed by atoms with Gasteiger partial charge in [-0.25, -0.2) is 4.98 Å². The Morgan fingerprint density at radius 1 is 1.29 bits per heavy atom. The highest BCUT2D eigenvalue weighted by atomic mass is 16.5. The van der Waals surface area contributed by atoms with Gasteiger partial charge >= 0.3 is 0 Å². The van der Waals surface area contributed by atoms with E-state index < -0.39 is 0 Å². The van der Waals surface area contributed by atoms with Crippen molar-refractivity contribution in [2.45, 2.75) is 51.2 Å². The van der Waals surface area contributed by atoms with Gasteiger partial charge in [0.25, 0.3) is 0 Å². The molecule has 0 spiro atoms. The van der Waals surface area contributed by atoms with E-state index in [1.807, 2.05) is 6.20 Å². The maximum atomic E-state index is 5.63. The van der Waals surface area contributed by atoms with Crippen LogP contribution in [0.15, 0.2) is 12.4 Å². The monoisotopic (exact) mass is 293 g/mol. The van der Waals surface area contributed by atoms with E-state index >= 15 is 0 Å². The number of rotatable bonds is 5. The van der Waals surface area contributed by atoms with Gasteiger partial charge in [0.15, 0.2) is 0 Å². The van der Waals surface area contributed by atoms with Crippen LogP contribution in [0.3, 0.4) is 0 Å².